The third-order valence-electron chi connectivity index (χ3n) is 13.5. The van der Waals surface area contributed by atoms with Crippen LogP contribution in [-0.2, 0) is 34.3 Å². The molecule has 1 spiro atoms. The van der Waals surface area contributed by atoms with Crippen LogP contribution in [0.5, 0.6) is 17.2 Å². The second-order valence-corrected chi connectivity index (χ2v) is 18.8. The number of hydrogen-bond acceptors (Lipinski definition) is 8. The smallest absolute Gasteiger partial charge is 0.329 e. The molecule has 0 aliphatic heterocycles. The molecule has 332 valence electrons. The van der Waals surface area contributed by atoms with Gasteiger partial charge >= 0.3 is 5.97 Å². The molecule has 1 saturated carbocycles. The molecular weight excluding hydrogens is 800 g/mol. The Balaban J connectivity index is 0.982. The molecule has 1 amide bonds. The lowest BCUT2D eigenvalue weighted by atomic mass is 9.59. The van der Waals surface area contributed by atoms with Gasteiger partial charge in [0.1, 0.15) is 29.4 Å². The molecule has 1 aromatic heterocycles. The quantitative estimate of drug-likeness (QED) is 0.0746. The van der Waals surface area contributed by atoms with Crippen molar-refractivity contribution in [3.8, 4) is 17.2 Å². The molecule has 4 aromatic rings. The monoisotopic (exact) mass is 864 g/mol. The van der Waals surface area contributed by atoms with Crippen LogP contribution in [0.2, 0.25) is 5.02 Å². The highest BCUT2D eigenvalue weighted by atomic mass is 35.5. The standard InChI is InChI=1S/C51H65ClN4O6/c1-35(34-62-46-19-25-53-45-14-5-9-36(2)48(45)46)29-39-31-38-16-17-43(60-27-8-15-47(57)54-24-18-37-10-6-13-42(30-37)61-28-26-56(3)4)33-44(38)50(39)20-22-51(23-21-50,49(58)59)55-41-12-7-11-40(52)32-41/h6-7,10-13,16-17,19,25,30,32-33,35-36,39,55H,5,8-9,14-15,18,20-24,26-29,31,34H2,1-4H3,(H,54,57)(H,58,59)/t35-,36-,39?,50?,51?/m1/s1. The number of carbonyl (C=O) groups is 2. The topological polar surface area (TPSA) is 122 Å². The van der Waals surface area contributed by atoms with Gasteiger partial charge in [-0.25, -0.2) is 4.79 Å². The molecule has 7 rings (SSSR count). The summed E-state index contributed by atoms with van der Waals surface area (Å²) in [5.74, 6) is 2.81. The van der Waals surface area contributed by atoms with Gasteiger partial charge in [0, 0.05) is 47.7 Å². The van der Waals surface area contributed by atoms with Gasteiger partial charge in [0.2, 0.25) is 5.91 Å². The summed E-state index contributed by atoms with van der Waals surface area (Å²) in [5, 5.41) is 17.7. The third kappa shape index (κ3) is 11.0. The summed E-state index contributed by atoms with van der Waals surface area (Å²) in [7, 11) is 4.05. The molecule has 10 nitrogen and oxygen atoms in total. The summed E-state index contributed by atoms with van der Waals surface area (Å²) in [6.45, 7) is 7.63. The molecule has 0 radical (unpaired) electrons. The van der Waals surface area contributed by atoms with Gasteiger partial charge in [-0.05, 0) is 173 Å². The number of amides is 1. The van der Waals surface area contributed by atoms with Gasteiger partial charge in [-0.3, -0.25) is 9.78 Å². The lowest BCUT2D eigenvalue weighted by Crippen LogP contribution is -2.53. The minimum Gasteiger partial charge on any atom is -0.494 e. The predicted octanol–water partition coefficient (Wildman–Crippen LogP) is 9.66. The maximum absolute atomic E-state index is 13.1. The zero-order chi connectivity index (χ0) is 43.7. The van der Waals surface area contributed by atoms with Gasteiger partial charge in [-0.1, -0.05) is 49.7 Å². The van der Waals surface area contributed by atoms with E-state index < -0.39 is 11.5 Å². The highest BCUT2D eigenvalue weighted by Crippen LogP contribution is 2.57. The first-order valence-corrected chi connectivity index (χ1v) is 23.1. The number of anilines is 1. The number of nitrogens with one attached hydrogen (secondary N) is 2. The van der Waals surface area contributed by atoms with Crippen LogP contribution in [0.1, 0.15) is 106 Å². The van der Waals surface area contributed by atoms with Crippen molar-refractivity contribution >= 4 is 29.2 Å². The van der Waals surface area contributed by atoms with Crippen molar-refractivity contribution in [2.24, 2.45) is 11.8 Å². The predicted molar refractivity (Wildman–Crippen MR) is 246 cm³/mol. The molecule has 3 N–H and O–H groups in total. The fourth-order valence-electron chi connectivity index (χ4n) is 10.2. The highest BCUT2D eigenvalue weighted by Gasteiger charge is 2.54. The van der Waals surface area contributed by atoms with Crippen LogP contribution >= 0.6 is 11.6 Å². The number of benzene rings is 3. The summed E-state index contributed by atoms with van der Waals surface area (Å²) in [5.41, 5.74) is 5.55. The fourth-order valence-corrected chi connectivity index (χ4v) is 10.4. The van der Waals surface area contributed by atoms with Gasteiger partial charge in [0.25, 0.3) is 0 Å². The molecule has 0 saturated heterocycles. The van der Waals surface area contributed by atoms with E-state index in [2.05, 4.69) is 58.6 Å². The number of aryl methyl sites for hydroxylation is 1. The van der Waals surface area contributed by atoms with E-state index >= 15 is 0 Å². The normalized spacial score (nSPS) is 22.1. The summed E-state index contributed by atoms with van der Waals surface area (Å²) >= 11 is 6.32. The zero-order valence-electron chi connectivity index (χ0n) is 37.0. The minimum absolute atomic E-state index is 0.00895. The van der Waals surface area contributed by atoms with Gasteiger partial charge < -0.3 is 34.9 Å². The molecule has 11 heteroatoms. The van der Waals surface area contributed by atoms with E-state index in [0.29, 0.717) is 74.6 Å². The van der Waals surface area contributed by atoms with Crippen LogP contribution in [0, 0.1) is 11.8 Å². The maximum atomic E-state index is 13.1. The van der Waals surface area contributed by atoms with Crippen LogP contribution in [0.15, 0.2) is 79.0 Å². The van der Waals surface area contributed by atoms with E-state index in [-0.39, 0.29) is 17.2 Å². The SMILES string of the molecule is C[C@@H](COc1ccnc2c1[C@H](C)CCC2)CC1Cc2ccc(OCCCC(=O)NCCc3cccc(OCCN(C)C)c3)cc2C12CCC(Nc1cccc(Cl)c1)(C(=O)O)CC2. The van der Waals surface area contributed by atoms with E-state index in [1.54, 1.807) is 12.1 Å². The highest BCUT2D eigenvalue weighted by molar-refractivity contribution is 6.30. The number of carbonyl (C=O) groups excluding carboxylic acids is 1. The Morgan fingerprint density at radius 1 is 0.968 bits per heavy atom. The number of likely N-dealkylation sites (N-methyl/N-ethyl adjacent to an activating group) is 1. The largest absolute Gasteiger partial charge is 0.494 e. The van der Waals surface area contributed by atoms with Crippen molar-refractivity contribution in [1.82, 2.24) is 15.2 Å². The third-order valence-corrected chi connectivity index (χ3v) is 13.8. The molecule has 1 fully saturated rings. The van der Waals surface area contributed by atoms with Crippen molar-refractivity contribution in [3.05, 3.63) is 112 Å². The molecule has 1 unspecified atom stereocenters. The molecule has 3 aromatic carbocycles. The number of aromatic nitrogens is 1. The Morgan fingerprint density at radius 3 is 2.55 bits per heavy atom. The Bertz CT molecular complexity index is 2150. The number of pyridine rings is 1. The Hall–Kier alpha value is -4.80. The number of aliphatic carboxylic acids is 1. The van der Waals surface area contributed by atoms with Crippen molar-refractivity contribution in [2.45, 2.75) is 108 Å². The number of carboxylic acid groups (broad SMARTS) is 1. The van der Waals surface area contributed by atoms with Gasteiger partial charge in [0.15, 0.2) is 0 Å². The van der Waals surface area contributed by atoms with Crippen molar-refractivity contribution < 1.29 is 28.9 Å². The Labute approximate surface area is 373 Å². The summed E-state index contributed by atoms with van der Waals surface area (Å²) in [6, 6.07) is 23.9. The number of ether oxygens (including phenoxy) is 3. The number of fused-ring (bicyclic) bond motifs is 3. The first-order valence-electron chi connectivity index (χ1n) is 22.7. The van der Waals surface area contributed by atoms with Gasteiger partial charge in [0.05, 0.1) is 13.2 Å². The van der Waals surface area contributed by atoms with Crippen LogP contribution in [0.3, 0.4) is 0 Å². The second-order valence-electron chi connectivity index (χ2n) is 18.4. The Morgan fingerprint density at radius 2 is 1.76 bits per heavy atom. The lowest BCUT2D eigenvalue weighted by molar-refractivity contribution is -0.144. The summed E-state index contributed by atoms with van der Waals surface area (Å²) in [6.07, 6.45) is 11.2. The minimum atomic E-state index is -1.10. The summed E-state index contributed by atoms with van der Waals surface area (Å²) < 4.78 is 18.8. The van der Waals surface area contributed by atoms with Gasteiger partial charge in [-0.2, -0.15) is 0 Å². The van der Waals surface area contributed by atoms with Crippen LogP contribution < -0.4 is 24.8 Å². The van der Waals surface area contributed by atoms with Crippen LogP contribution in [0.4, 0.5) is 5.69 Å². The Kier molecular flexibility index (Phi) is 15.0. The van der Waals surface area contributed by atoms with Crippen molar-refractivity contribution in [2.75, 3.05) is 52.3 Å². The molecule has 0 bridgehead atoms. The van der Waals surface area contributed by atoms with E-state index in [0.717, 1.165) is 74.3 Å². The van der Waals surface area contributed by atoms with E-state index in [1.165, 1.54) is 28.8 Å². The van der Waals surface area contributed by atoms with Crippen LogP contribution in [0.25, 0.3) is 0 Å². The number of halogens is 1. The average Bonchev–Trinajstić information content (AvgIpc) is 3.53. The second kappa shape index (κ2) is 20.6. The van der Waals surface area contributed by atoms with E-state index in [4.69, 9.17) is 25.8 Å². The molecule has 3 aliphatic rings. The average molecular weight is 866 g/mol. The lowest BCUT2D eigenvalue weighted by Gasteiger charge is -2.47. The fraction of sp³-hybridized carbons (Fsp3) is 0.510. The number of carboxylic acids is 1. The van der Waals surface area contributed by atoms with Crippen molar-refractivity contribution in [3.63, 3.8) is 0 Å². The molecule has 3 atom stereocenters. The summed E-state index contributed by atoms with van der Waals surface area (Å²) in [4.78, 5) is 32.6. The van der Waals surface area contributed by atoms with E-state index in [9.17, 15) is 14.7 Å². The van der Waals surface area contributed by atoms with E-state index in [1.807, 2.05) is 56.7 Å². The van der Waals surface area contributed by atoms with Crippen LogP contribution in [-0.4, -0.2) is 79.4 Å². The van der Waals surface area contributed by atoms with Crippen molar-refractivity contribution in [1.29, 1.82) is 0 Å². The molecular formula is C51H65ClN4O6. The molecule has 3 aliphatic carbocycles. The number of nitrogens with zero attached hydrogens (tertiary/aromatic N) is 2. The number of rotatable bonds is 20. The molecule has 62 heavy (non-hydrogen) atoms. The zero-order valence-corrected chi connectivity index (χ0v) is 37.8. The first-order chi connectivity index (χ1) is 29.9. The first kappa shape index (κ1) is 45.2. The molecule has 1 heterocycles. The maximum Gasteiger partial charge on any atom is 0.329 e. The van der Waals surface area contributed by atoms with Gasteiger partial charge in [-0.15, -0.1) is 0 Å². The number of hydrogen-bond donors (Lipinski definition) is 3.